The fourth-order valence-electron chi connectivity index (χ4n) is 3.72. The predicted octanol–water partition coefficient (Wildman–Crippen LogP) is 5.70. The lowest BCUT2D eigenvalue weighted by Crippen LogP contribution is -2.01. The van der Waals surface area contributed by atoms with Crippen LogP contribution in [0.4, 0.5) is 5.13 Å². The number of aromatic nitrogens is 5. The van der Waals surface area contributed by atoms with E-state index < -0.39 is 0 Å². The van der Waals surface area contributed by atoms with Gasteiger partial charge >= 0.3 is 0 Å². The van der Waals surface area contributed by atoms with Crippen molar-refractivity contribution in [1.82, 2.24) is 24.9 Å². The predicted molar refractivity (Wildman–Crippen MR) is 132 cm³/mol. The second kappa shape index (κ2) is 9.23. The molecule has 0 atom stereocenters. The number of benzene rings is 1. The van der Waals surface area contributed by atoms with E-state index in [1.54, 1.807) is 29.9 Å². The maximum Gasteiger partial charge on any atom is 0.183 e. The standard InChI is InChI=1S/C25H26N6OS/c1-4-9-32-18-10-15(2)23(16(3)11-18)20-12-19(22-14-28-25(33-22)29-17-5-6-17)30-24(31-20)21-13-26-7-8-27-21/h7-8,10-14,17H,4-6,9H2,1-3H3,(H,28,29). The highest BCUT2D eigenvalue weighted by Crippen LogP contribution is 2.36. The fraction of sp³-hybridized carbons (Fsp3) is 0.320. The molecule has 0 amide bonds. The van der Waals surface area contributed by atoms with Crippen LogP contribution >= 0.6 is 11.3 Å². The summed E-state index contributed by atoms with van der Waals surface area (Å²) in [5, 5.41) is 4.40. The van der Waals surface area contributed by atoms with Gasteiger partial charge in [0.15, 0.2) is 11.0 Å². The third-order valence-electron chi connectivity index (χ3n) is 5.42. The molecule has 3 aromatic heterocycles. The minimum atomic E-state index is 0.547. The van der Waals surface area contributed by atoms with Crippen molar-refractivity contribution in [1.29, 1.82) is 0 Å². The van der Waals surface area contributed by atoms with E-state index in [2.05, 4.69) is 53.2 Å². The smallest absolute Gasteiger partial charge is 0.183 e. The Morgan fingerprint density at radius 1 is 0.970 bits per heavy atom. The SMILES string of the molecule is CCCOc1cc(C)c(-c2cc(-c3cnc(NC4CC4)s3)nc(-c3cnccn3)n2)c(C)c1. The maximum atomic E-state index is 5.87. The Bertz CT molecular complexity index is 1250. The highest BCUT2D eigenvalue weighted by atomic mass is 32.1. The summed E-state index contributed by atoms with van der Waals surface area (Å²) in [4.78, 5) is 23.9. The van der Waals surface area contributed by atoms with Crippen LogP contribution < -0.4 is 10.1 Å². The lowest BCUT2D eigenvalue weighted by Gasteiger charge is -2.14. The Morgan fingerprint density at radius 2 is 1.76 bits per heavy atom. The summed E-state index contributed by atoms with van der Waals surface area (Å²) in [5.74, 6) is 1.43. The molecule has 1 aromatic carbocycles. The van der Waals surface area contributed by atoms with Crippen molar-refractivity contribution < 1.29 is 4.74 Å². The third-order valence-corrected chi connectivity index (χ3v) is 6.37. The second-order valence-electron chi connectivity index (χ2n) is 8.28. The van der Waals surface area contributed by atoms with Gasteiger partial charge in [-0.2, -0.15) is 0 Å². The first kappa shape index (κ1) is 21.5. The number of nitrogens with one attached hydrogen (secondary N) is 1. The van der Waals surface area contributed by atoms with Crippen LogP contribution in [0.2, 0.25) is 0 Å². The number of nitrogens with zero attached hydrogens (tertiary/aromatic N) is 5. The molecule has 4 aromatic rings. The molecule has 33 heavy (non-hydrogen) atoms. The summed E-state index contributed by atoms with van der Waals surface area (Å²) in [5.41, 5.74) is 5.61. The van der Waals surface area contributed by atoms with Gasteiger partial charge in [0.05, 0.1) is 29.1 Å². The van der Waals surface area contributed by atoms with Gasteiger partial charge < -0.3 is 10.1 Å². The van der Waals surface area contributed by atoms with E-state index in [4.69, 9.17) is 14.7 Å². The van der Waals surface area contributed by atoms with Gasteiger partial charge in [0, 0.05) is 30.2 Å². The molecule has 0 aliphatic heterocycles. The van der Waals surface area contributed by atoms with Crippen molar-refractivity contribution in [3.8, 4) is 39.1 Å². The largest absolute Gasteiger partial charge is 0.494 e. The first-order valence-corrected chi connectivity index (χ1v) is 12.0. The number of hydrogen-bond donors (Lipinski definition) is 1. The average Bonchev–Trinajstić information content (AvgIpc) is 3.51. The minimum Gasteiger partial charge on any atom is -0.494 e. The molecule has 1 N–H and O–H groups in total. The van der Waals surface area contributed by atoms with Gasteiger partial charge in [0.1, 0.15) is 11.4 Å². The van der Waals surface area contributed by atoms with Crippen molar-refractivity contribution in [2.45, 2.75) is 46.1 Å². The molecule has 0 saturated heterocycles. The summed E-state index contributed by atoms with van der Waals surface area (Å²) >= 11 is 1.61. The molecular weight excluding hydrogens is 432 g/mol. The number of rotatable bonds is 8. The van der Waals surface area contributed by atoms with Crippen LogP contribution in [-0.4, -0.2) is 37.6 Å². The average molecular weight is 459 g/mol. The van der Waals surface area contributed by atoms with Crippen LogP contribution in [0.3, 0.4) is 0 Å². The highest BCUT2D eigenvalue weighted by molar-refractivity contribution is 7.18. The molecule has 0 radical (unpaired) electrons. The molecule has 5 rings (SSSR count). The van der Waals surface area contributed by atoms with Crippen LogP contribution in [0.5, 0.6) is 5.75 Å². The monoisotopic (exact) mass is 458 g/mol. The topological polar surface area (TPSA) is 85.7 Å². The lowest BCUT2D eigenvalue weighted by atomic mass is 9.98. The zero-order valence-electron chi connectivity index (χ0n) is 19.0. The molecule has 168 valence electrons. The van der Waals surface area contributed by atoms with E-state index in [-0.39, 0.29) is 0 Å². The minimum absolute atomic E-state index is 0.547. The molecule has 1 aliphatic carbocycles. The van der Waals surface area contributed by atoms with Crippen LogP contribution in [-0.2, 0) is 0 Å². The number of ether oxygens (including phenoxy) is 1. The molecule has 1 fully saturated rings. The molecule has 0 spiro atoms. The van der Waals surface area contributed by atoms with Crippen molar-refractivity contribution in [2.75, 3.05) is 11.9 Å². The van der Waals surface area contributed by atoms with Crippen molar-refractivity contribution in [3.63, 3.8) is 0 Å². The lowest BCUT2D eigenvalue weighted by molar-refractivity contribution is 0.317. The summed E-state index contributed by atoms with van der Waals surface area (Å²) in [6.45, 7) is 7.00. The maximum absolute atomic E-state index is 5.87. The quantitative estimate of drug-likeness (QED) is 0.362. The van der Waals surface area contributed by atoms with Crippen molar-refractivity contribution >= 4 is 16.5 Å². The number of thiazole rings is 1. The van der Waals surface area contributed by atoms with Gasteiger partial charge in [-0.25, -0.2) is 19.9 Å². The van der Waals surface area contributed by atoms with E-state index in [0.717, 1.165) is 50.3 Å². The third kappa shape index (κ3) is 4.85. The van der Waals surface area contributed by atoms with E-state index >= 15 is 0 Å². The van der Waals surface area contributed by atoms with E-state index in [1.165, 1.54) is 12.8 Å². The normalized spacial score (nSPS) is 13.2. The van der Waals surface area contributed by atoms with E-state index in [0.29, 0.717) is 24.2 Å². The van der Waals surface area contributed by atoms with Gasteiger partial charge in [-0.3, -0.25) is 4.98 Å². The van der Waals surface area contributed by atoms with Crippen LogP contribution in [0.1, 0.15) is 37.3 Å². The molecule has 1 aliphatic rings. The van der Waals surface area contributed by atoms with Gasteiger partial charge in [0.25, 0.3) is 0 Å². The molecule has 8 heteroatoms. The van der Waals surface area contributed by atoms with Gasteiger partial charge in [-0.15, -0.1) is 0 Å². The zero-order chi connectivity index (χ0) is 22.8. The summed E-state index contributed by atoms with van der Waals surface area (Å²) in [6, 6.07) is 6.74. The zero-order valence-corrected chi connectivity index (χ0v) is 19.8. The summed E-state index contributed by atoms with van der Waals surface area (Å²) in [7, 11) is 0. The van der Waals surface area contributed by atoms with Gasteiger partial charge in [-0.1, -0.05) is 18.3 Å². The molecule has 1 saturated carbocycles. The molecular formula is C25H26N6OS. The Labute approximate surface area is 197 Å². The second-order valence-corrected chi connectivity index (χ2v) is 9.31. The van der Waals surface area contributed by atoms with Crippen LogP contribution in [0.15, 0.2) is 43.0 Å². The number of anilines is 1. The molecule has 0 unspecified atom stereocenters. The molecule has 7 nitrogen and oxygen atoms in total. The summed E-state index contributed by atoms with van der Waals surface area (Å²) < 4.78 is 5.87. The Balaban J connectivity index is 1.60. The number of hydrogen-bond acceptors (Lipinski definition) is 8. The van der Waals surface area contributed by atoms with Crippen LogP contribution in [0.25, 0.3) is 33.3 Å². The van der Waals surface area contributed by atoms with Crippen molar-refractivity contribution in [3.05, 3.63) is 54.1 Å². The van der Waals surface area contributed by atoms with E-state index in [9.17, 15) is 0 Å². The first-order valence-electron chi connectivity index (χ1n) is 11.2. The van der Waals surface area contributed by atoms with Gasteiger partial charge in [0.2, 0.25) is 0 Å². The van der Waals surface area contributed by atoms with Gasteiger partial charge in [-0.05, 0) is 62.4 Å². The summed E-state index contributed by atoms with van der Waals surface area (Å²) in [6.07, 6.45) is 10.3. The Kier molecular flexibility index (Phi) is 6.00. The number of aryl methyl sites for hydroxylation is 2. The van der Waals surface area contributed by atoms with E-state index in [1.807, 2.05) is 12.3 Å². The molecule has 3 heterocycles. The first-order chi connectivity index (χ1) is 16.1. The van der Waals surface area contributed by atoms with Crippen molar-refractivity contribution in [2.24, 2.45) is 0 Å². The Morgan fingerprint density at radius 3 is 2.45 bits per heavy atom. The molecule has 0 bridgehead atoms. The fourth-order valence-corrected chi connectivity index (χ4v) is 4.58. The highest BCUT2D eigenvalue weighted by Gasteiger charge is 2.22. The Hall–Kier alpha value is -3.39. The van der Waals surface area contributed by atoms with Crippen LogP contribution in [0, 0.1) is 13.8 Å².